The predicted octanol–water partition coefficient (Wildman–Crippen LogP) is 3.71. The van der Waals surface area contributed by atoms with Gasteiger partial charge in [0.05, 0.1) is 0 Å². The van der Waals surface area contributed by atoms with Crippen molar-refractivity contribution in [1.29, 1.82) is 0 Å². The van der Waals surface area contributed by atoms with Crippen LogP contribution in [0, 0.1) is 19.8 Å². The van der Waals surface area contributed by atoms with E-state index in [0.717, 1.165) is 6.42 Å². The fourth-order valence-corrected chi connectivity index (χ4v) is 2.84. The molecule has 0 heterocycles. The SMILES string of the molecule is CCC(C)[C@H](c1ccc(C)cc1C)[C@H](C)OC(=O)[C@H](C)N. The summed E-state index contributed by atoms with van der Waals surface area (Å²) in [7, 11) is 0. The number of aryl methyl sites for hydroxylation is 2. The van der Waals surface area contributed by atoms with Gasteiger partial charge in [-0.25, -0.2) is 0 Å². The van der Waals surface area contributed by atoms with Crippen LogP contribution in [0.2, 0.25) is 0 Å². The first-order chi connectivity index (χ1) is 9.77. The molecule has 0 saturated heterocycles. The minimum atomic E-state index is -0.579. The molecule has 0 aliphatic rings. The molecule has 3 nitrogen and oxygen atoms in total. The van der Waals surface area contributed by atoms with E-state index in [0.29, 0.717) is 5.92 Å². The first-order valence-electron chi connectivity index (χ1n) is 7.81. The summed E-state index contributed by atoms with van der Waals surface area (Å²) in [5.41, 5.74) is 9.37. The van der Waals surface area contributed by atoms with E-state index in [9.17, 15) is 4.79 Å². The minimum absolute atomic E-state index is 0.181. The molecule has 4 atom stereocenters. The molecule has 0 saturated carbocycles. The summed E-state index contributed by atoms with van der Waals surface area (Å²) in [6.45, 7) is 12.2. The average Bonchev–Trinajstić information content (AvgIpc) is 2.40. The topological polar surface area (TPSA) is 52.3 Å². The molecule has 3 heteroatoms. The summed E-state index contributed by atoms with van der Waals surface area (Å²) in [6.07, 6.45) is 0.859. The van der Waals surface area contributed by atoms with Crippen molar-refractivity contribution in [3.63, 3.8) is 0 Å². The lowest BCUT2D eigenvalue weighted by Gasteiger charge is -2.31. The van der Waals surface area contributed by atoms with Gasteiger partial charge in [0.2, 0.25) is 0 Å². The Morgan fingerprint density at radius 1 is 1.24 bits per heavy atom. The highest BCUT2D eigenvalue weighted by Crippen LogP contribution is 2.34. The van der Waals surface area contributed by atoms with Crippen LogP contribution in [0.4, 0.5) is 0 Å². The molecule has 1 unspecified atom stereocenters. The Morgan fingerprint density at radius 2 is 1.86 bits per heavy atom. The highest BCUT2D eigenvalue weighted by molar-refractivity contribution is 5.75. The van der Waals surface area contributed by atoms with Crippen molar-refractivity contribution in [1.82, 2.24) is 0 Å². The number of carbonyl (C=O) groups excluding carboxylic acids is 1. The molecule has 0 aliphatic heterocycles. The monoisotopic (exact) mass is 291 g/mol. The molecule has 0 aliphatic carbocycles. The van der Waals surface area contributed by atoms with E-state index in [-0.39, 0.29) is 18.0 Å². The first-order valence-corrected chi connectivity index (χ1v) is 7.81. The fourth-order valence-electron chi connectivity index (χ4n) is 2.84. The van der Waals surface area contributed by atoms with Crippen molar-refractivity contribution in [3.05, 3.63) is 34.9 Å². The standard InChI is InChI=1S/C18H29NO2/c1-7-12(3)17(15(6)21-18(20)14(5)19)16-9-8-11(2)10-13(16)4/h8-10,12,14-15,17H,7,19H2,1-6H3/t12?,14-,15-,17-/m0/s1. The van der Waals surface area contributed by atoms with Crippen LogP contribution in [-0.4, -0.2) is 18.1 Å². The Kier molecular flexibility index (Phi) is 6.41. The molecule has 0 spiro atoms. The summed E-state index contributed by atoms with van der Waals surface area (Å²) in [4.78, 5) is 11.8. The van der Waals surface area contributed by atoms with Crippen LogP contribution in [0.5, 0.6) is 0 Å². The van der Waals surface area contributed by atoms with Gasteiger partial charge < -0.3 is 10.5 Å². The van der Waals surface area contributed by atoms with Gasteiger partial charge >= 0.3 is 5.97 Å². The largest absolute Gasteiger partial charge is 0.461 e. The van der Waals surface area contributed by atoms with Gasteiger partial charge in [-0.3, -0.25) is 4.79 Å². The third-order valence-electron chi connectivity index (χ3n) is 4.22. The second-order valence-electron chi connectivity index (χ2n) is 6.20. The second kappa shape index (κ2) is 7.60. The molecule has 118 valence electrons. The van der Waals surface area contributed by atoms with E-state index < -0.39 is 6.04 Å². The maximum absolute atomic E-state index is 11.8. The summed E-state index contributed by atoms with van der Waals surface area (Å²) >= 11 is 0. The third-order valence-corrected chi connectivity index (χ3v) is 4.22. The Labute approximate surface area is 128 Å². The number of rotatable bonds is 6. The van der Waals surface area contributed by atoms with Gasteiger partial charge in [-0.15, -0.1) is 0 Å². The zero-order valence-electron chi connectivity index (χ0n) is 14.1. The molecule has 0 aromatic heterocycles. The van der Waals surface area contributed by atoms with Crippen molar-refractivity contribution in [3.8, 4) is 0 Å². The minimum Gasteiger partial charge on any atom is -0.461 e. The molecular formula is C18H29NO2. The molecule has 0 radical (unpaired) electrons. The van der Waals surface area contributed by atoms with E-state index in [1.807, 2.05) is 6.92 Å². The zero-order valence-corrected chi connectivity index (χ0v) is 14.1. The Hall–Kier alpha value is -1.35. The van der Waals surface area contributed by atoms with Crippen LogP contribution in [0.15, 0.2) is 18.2 Å². The van der Waals surface area contributed by atoms with Crippen LogP contribution < -0.4 is 5.73 Å². The molecule has 0 amide bonds. The first kappa shape index (κ1) is 17.7. The van der Waals surface area contributed by atoms with Crippen molar-refractivity contribution in [2.45, 2.75) is 66.0 Å². The number of ether oxygens (including phenoxy) is 1. The Bertz CT molecular complexity index is 482. The lowest BCUT2D eigenvalue weighted by molar-refractivity contribution is -0.151. The third kappa shape index (κ3) is 4.57. The summed E-state index contributed by atoms with van der Waals surface area (Å²) in [5.74, 6) is 0.293. The molecule has 2 N–H and O–H groups in total. The van der Waals surface area contributed by atoms with Crippen LogP contribution >= 0.6 is 0 Å². The zero-order chi connectivity index (χ0) is 16.2. The van der Waals surface area contributed by atoms with Crippen LogP contribution in [0.25, 0.3) is 0 Å². The number of nitrogens with two attached hydrogens (primary N) is 1. The second-order valence-corrected chi connectivity index (χ2v) is 6.20. The van der Waals surface area contributed by atoms with E-state index in [2.05, 4.69) is 45.9 Å². The molecule has 0 bridgehead atoms. The van der Waals surface area contributed by atoms with Gasteiger partial charge in [0, 0.05) is 5.92 Å². The molecular weight excluding hydrogens is 262 g/mol. The van der Waals surface area contributed by atoms with Gasteiger partial charge in [-0.2, -0.15) is 0 Å². The van der Waals surface area contributed by atoms with Crippen LogP contribution in [0.1, 0.15) is 56.7 Å². The summed E-state index contributed by atoms with van der Waals surface area (Å²) < 4.78 is 5.57. The lowest BCUT2D eigenvalue weighted by Crippen LogP contribution is -2.35. The quantitative estimate of drug-likeness (QED) is 0.813. The van der Waals surface area contributed by atoms with Crippen LogP contribution in [-0.2, 0) is 9.53 Å². The summed E-state index contributed by atoms with van der Waals surface area (Å²) in [5, 5.41) is 0. The number of esters is 1. The average molecular weight is 291 g/mol. The van der Waals surface area contributed by atoms with E-state index >= 15 is 0 Å². The van der Waals surface area contributed by atoms with Gasteiger partial charge in [0.15, 0.2) is 0 Å². The molecule has 21 heavy (non-hydrogen) atoms. The number of carbonyl (C=O) groups is 1. The highest BCUT2D eigenvalue weighted by Gasteiger charge is 2.29. The van der Waals surface area contributed by atoms with Gasteiger partial charge in [-0.05, 0) is 44.7 Å². The molecule has 0 fully saturated rings. The Balaban J connectivity index is 3.08. The van der Waals surface area contributed by atoms with Crippen LogP contribution in [0.3, 0.4) is 0 Å². The fraction of sp³-hybridized carbons (Fsp3) is 0.611. The number of hydrogen-bond acceptors (Lipinski definition) is 3. The normalized spacial score (nSPS) is 16.9. The smallest absolute Gasteiger partial charge is 0.322 e. The van der Waals surface area contributed by atoms with E-state index in [1.54, 1.807) is 6.92 Å². The van der Waals surface area contributed by atoms with Gasteiger partial charge in [0.1, 0.15) is 12.1 Å². The molecule has 1 aromatic carbocycles. The van der Waals surface area contributed by atoms with Crippen molar-refractivity contribution >= 4 is 5.97 Å². The van der Waals surface area contributed by atoms with E-state index in [4.69, 9.17) is 10.5 Å². The van der Waals surface area contributed by atoms with E-state index in [1.165, 1.54) is 16.7 Å². The molecule has 1 aromatic rings. The van der Waals surface area contributed by atoms with Crippen molar-refractivity contribution < 1.29 is 9.53 Å². The Morgan fingerprint density at radius 3 is 2.33 bits per heavy atom. The highest BCUT2D eigenvalue weighted by atomic mass is 16.5. The van der Waals surface area contributed by atoms with Gasteiger partial charge in [0.25, 0.3) is 0 Å². The van der Waals surface area contributed by atoms with Crippen molar-refractivity contribution in [2.24, 2.45) is 11.7 Å². The summed E-state index contributed by atoms with van der Waals surface area (Å²) in [6, 6.07) is 5.89. The van der Waals surface area contributed by atoms with Gasteiger partial charge in [-0.1, -0.05) is 44.0 Å². The lowest BCUT2D eigenvalue weighted by atomic mass is 9.80. The van der Waals surface area contributed by atoms with Crippen molar-refractivity contribution in [2.75, 3.05) is 0 Å². The predicted molar refractivity (Wildman–Crippen MR) is 87.3 cm³/mol. The number of hydrogen-bond donors (Lipinski definition) is 1. The molecule has 1 rings (SSSR count). The maximum Gasteiger partial charge on any atom is 0.322 e. The maximum atomic E-state index is 11.8. The number of benzene rings is 1.